The van der Waals surface area contributed by atoms with Crippen LogP contribution in [0.5, 0.6) is 0 Å². The van der Waals surface area contributed by atoms with E-state index in [2.05, 4.69) is 15.1 Å². The van der Waals surface area contributed by atoms with E-state index in [0.717, 1.165) is 36.4 Å². The van der Waals surface area contributed by atoms with Crippen molar-refractivity contribution in [3.63, 3.8) is 0 Å². The predicted octanol–water partition coefficient (Wildman–Crippen LogP) is 3.87. The molecule has 7 nitrogen and oxygen atoms in total. The predicted molar refractivity (Wildman–Crippen MR) is 130 cm³/mol. The molecule has 2 aromatic heterocycles. The summed E-state index contributed by atoms with van der Waals surface area (Å²) in [4.78, 5) is 33.7. The SMILES string of the molecule is CN1C/C(=C\c2ccco2)C(=O)[C@]2(C1)[C@@H](c1ccco1)[C@@H]1CCCN1[C@@]21C(=O)Nc2ccccc21. The summed E-state index contributed by atoms with van der Waals surface area (Å²) in [6.07, 6.45) is 7.02. The van der Waals surface area contributed by atoms with Gasteiger partial charge in [-0.05, 0) is 62.8 Å². The van der Waals surface area contributed by atoms with Gasteiger partial charge < -0.3 is 19.1 Å². The van der Waals surface area contributed by atoms with E-state index < -0.39 is 11.0 Å². The van der Waals surface area contributed by atoms with Crippen LogP contribution in [0.2, 0.25) is 0 Å². The highest BCUT2D eigenvalue weighted by atomic mass is 16.3. The molecular weight excluding hydrogens is 442 g/mol. The number of rotatable bonds is 2. The summed E-state index contributed by atoms with van der Waals surface area (Å²) >= 11 is 0. The van der Waals surface area contributed by atoms with Gasteiger partial charge in [0.1, 0.15) is 17.1 Å². The zero-order valence-corrected chi connectivity index (χ0v) is 19.6. The van der Waals surface area contributed by atoms with E-state index >= 15 is 0 Å². The molecule has 35 heavy (non-hydrogen) atoms. The van der Waals surface area contributed by atoms with Crippen molar-refractivity contribution in [2.24, 2.45) is 5.41 Å². The molecule has 7 heteroatoms. The molecule has 1 N–H and O–H groups in total. The number of para-hydroxylation sites is 1. The molecule has 4 atom stereocenters. The number of Topliss-reactive ketones (excluding diaryl/α,β-unsaturated/α-hetero) is 1. The van der Waals surface area contributed by atoms with Gasteiger partial charge in [0, 0.05) is 41.9 Å². The number of likely N-dealkylation sites (N-methyl/N-ethyl adjacent to an activating group) is 1. The maximum absolute atomic E-state index is 14.9. The van der Waals surface area contributed by atoms with E-state index in [1.807, 2.05) is 61.7 Å². The Kier molecular flexibility index (Phi) is 4.36. The zero-order chi connectivity index (χ0) is 23.8. The summed E-state index contributed by atoms with van der Waals surface area (Å²) < 4.78 is 11.6. The molecule has 7 rings (SSSR count). The van der Waals surface area contributed by atoms with E-state index in [9.17, 15) is 9.59 Å². The minimum absolute atomic E-state index is 0.00894. The zero-order valence-electron chi connectivity index (χ0n) is 19.6. The Morgan fingerprint density at radius 2 is 1.89 bits per heavy atom. The van der Waals surface area contributed by atoms with Crippen LogP contribution < -0.4 is 5.32 Å². The second-order valence-electron chi connectivity index (χ2n) is 10.3. The number of nitrogens with zero attached hydrogens (tertiary/aromatic N) is 2. The quantitative estimate of drug-likeness (QED) is 0.574. The van der Waals surface area contributed by atoms with Crippen LogP contribution in [-0.2, 0) is 15.1 Å². The van der Waals surface area contributed by atoms with Gasteiger partial charge in [0.05, 0.1) is 17.9 Å². The molecule has 1 amide bonds. The Hall–Kier alpha value is -3.42. The van der Waals surface area contributed by atoms with Gasteiger partial charge in [-0.2, -0.15) is 0 Å². The molecule has 3 saturated heterocycles. The van der Waals surface area contributed by atoms with Crippen LogP contribution in [0.1, 0.15) is 35.8 Å². The maximum atomic E-state index is 14.9. The number of ketones is 1. The molecule has 0 saturated carbocycles. The van der Waals surface area contributed by atoms with Crippen molar-refractivity contribution in [2.45, 2.75) is 30.3 Å². The van der Waals surface area contributed by atoms with Crippen molar-refractivity contribution in [3.05, 3.63) is 83.7 Å². The average Bonchev–Trinajstić information content (AvgIpc) is 3.65. The largest absolute Gasteiger partial charge is 0.469 e. The molecule has 2 spiro atoms. The number of amides is 1. The highest BCUT2D eigenvalue weighted by Crippen LogP contribution is 2.68. The van der Waals surface area contributed by atoms with Crippen LogP contribution in [0, 0.1) is 5.41 Å². The number of likely N-dealkylation sites (tertiary alicyclic amines) is 1. The molecule has 1 aromatic carbocycles. The topological polar surface area (TPSA) is 78.9 Å². The minimum atomic E-state index is -1.11. The Balaban J connectivity index is 1.55. The number of benzene rings is 1. The van der Waals surface area contributed by atoms with Crippen molar-refractivity contribution in [1.82, 2.24) is 9.80 Å². The van der Waals surface area contributed by atoms with Crippen molar-refractivity contribution in [2.75, 3.05) is 32.0 Å². The summed E-state index contributed by atoms with van der Waals surface area (Å²) in [6.45, 7) is 1.72. The van der Waals surface area contributed by atoms with Gasteiger partial charge in [-0.25, -0.2) is 0 Å². The Morgan fingerprint density at radius 1 is 1.06 bits per heavy atom. The lowest BCUT2D eigenvalue weighted by atomic mass is 9.56. The molecule has 6 heterocycles. The number of nitrogens with one attached hydrogen (secondary N) is 1. The molecule has 0 aliphatic carbocycles. The molecule has 0 radical (unpaired) electrons. The Bertz CT molecular complexity index is 1340. The summed E-state index contributed by atoms with van der Waals surface area (Å²) in [7, 11) is 2.03. The van der Waals surface area contributed by atoms with Gasteiger partial charge in [-0.3, -0.25) is 14.5 Å². The number of anilines is 1. The number of furan rings is 2. The summed E-state index contributed by atoms with van der Waals surface area (Å²) in [5.74, 6) is 1.05. The van der Waals surface area contributed by atoms with E-state index in [1.165, 1.54) is 0 Å². The number of carbonyl (C=O) groups excluding carboxylic acids is 2. The molecule has 3 fully saturated rings. The van der Waals surface area contributed by atoms with Crippen LogP contribution in [0.3, 0.4) is 0 Å². The standard InChI is InChI=1S/C28H27N3O4/c1-30-16-18(15-19-7-5-13-34-19)25(32)27(17-30)24(23-11-6-14-35-23)22-10-4-12-31(22)28(27)20-8-2-3-9-21(20)29-26(28)33/h2-3,5-9,11,13-15,22,24H,4,10,12,16-17H2,1H3,(H,29,33)/b18-15+/t22-,24+,27-,28-/m0/s1. The first-order valence-electron chi connectivity index (χ1n) is 12.3. The molecule has 3 aromatic rings. The molecule has 0 bridgehead atoms. The fraction of sp³-hybridized carbons (Fsp3) is 0.357. The second kappa shape index (κ2) is 7.29. The normalized spacial score (nSPS) is 33.7. The maximum Gasteiger partial charge on any atom is 0.250 e. The first-order chi connectivity index (χ1) is 17.1. The van der Waals surface area contributed by atoms with Gasteiger partial charge in [0.15, 0.2) is 5.78 Å². The van der Waals surface area contributed by atoms with Crippen LogP contribution in [0.25, 0.3) is 6.08 Å². The minimum Gasteiger partial charge on any atom is -0.469 e. The Morgan fingerprint density at radius 3 is 2.69 bits per heavy atom. The fourth-order valence-corrected chi connectivity index (χ4v) is 7.61. The number of carbonyl (C=O) groups is 2. The average molecular weight is 470 g/mol. The van der Waals surface area contributed by atoms with Gasteiger partial charge in [-0.1, -0.05) is 18.2 Å². The third-order valence-corrected chi connectivity index (χ3v) is 8.55. The third-order valence-electron chi connectivity index (χ3n) is 8.55. The van der Waals surface area contributed by atoms with Crippen molar-refractivity contribution >= 4 is 23.5 Å². The van der Waals surface area contributed by atoms with Crippen LogP contribution in [-0.4, -0.2) is 54.2 Å². The van der Waals surface area contributed by atoms with Crippen LogP contribution >= 0.6 is 0 Å². The highest BCUT2D eigenvalue weighted by molar-refractivity contribution is 6.15. The number of fused-ring (bicyclic) bond motifs is 5. The molecule has 4 aliphatic heterocycles. The third kappa shape index (κ3) is 2.52. The second-order valence-corrected chi connectivity index (χ2v) is 10.3. The lowest BCUT2D eigenvalue weighted by Gasteiger charge is -2.50. The van der Waals surface area contributed by atoms with Crippen LogP contribution in [0.15, 0.2) is 75.5 Å². The van der Waals surface area contributed by atoms with Gasteiger partial charge in [-0.15, -0.1) is 0 Å². The first-order valence-corrected chi connectivity index (χ1v) is 12.3. The van der Waals surface area contributed by atoms with Crippen molar-refractivity contribution in [3.8, 4) is 0 Å². The number of piperidine rings is 1. The van der Waals surface area contributed by atoms with E-state index in [-0.39, 0.29) is 23.7 Å². The highest BCUT2D eigenvalue weighted by Gasteiger charge is 2.79. The summed E-state index contributed by atoms with van der Waals surface area (Å²) in [6, 6.07) is 15.4. The lowest BCUT2D eigenvalue weighted by molar-refractivity contribution is -0.147. The summed E-state index contributed by atoms with van der Waals surface area (Å²) in [5, 5.41) is 3.16. The summed E-state index contributed by atoms with van der Waals surface area (Å²) in [5.41, 5.74) is 0.170. The number of hydrogen-bond donors (Lipinski definition) is 1. The Labute approximate surface area is 203 Å². The fourth-order valence-electron chi connectivity index (χ4n) is 7.61. The molecule has 4 aliphatic rings. The monoisotopic (exact) mass is 469 g/mol. The van der Waals surface area contributed by atoms with E-state index in [4.69, 9.17) is 8.83 Å². The van der Waals surface area contributed by atoms with Crippen molar-refractivity contribution < 1.29 is 18.4 Å². The van der Waals surface area contributed by atoms with E-state index in [1.54, 1.807) is 12.5 Å². The van der Waals surface area contributed by atoms with Gasteiger partial charge in [0.25, 0.3) is 5.91 Å². The van der Waals surface area contributed by atoms with Crippen LogP contribution in [0.4, 0.5) is 5.69 Å². The van der Waals surface area contributed by atoms with Gasteiger partial charge in [0.2, 0.25) is 0 Å². The molecule has 178 valence electrons. The number of hydrogen-bond acceptors (Lipinski definition) is 6. The molecule has 0 unspecified atom stereocenters. The first kappa shape index (κ1) is 20.9. The van der Waals surface area contributed by atoms with Crippen molar-refractivity contribution in [1.29, 1.82) is 0 Å². The van der Waals surface area contributed by atoms with E-state index in [0.29, 0.717) is 24.4 Å². The van der Waals surface area contributed by atoms with Gasteiger partial charge >= 0.3 is 0 Å². The molecular formula is C28H27N3O4. The smallest absolute Gasteiger partial charge is 0.250 e. The lowest BCUT2D eigenvalue weighted by Crippen LogP contribution is -2.65.